The summed E-state index contributed by atoms with van der Waals surface area (Å²) in [6, 6.07) is 5.39. The van der Waals surface area contributed by atoms with Gasteiger partial charge >= 0.3 is 11.9 Å². The topological polar surface area (TPSA) is 95.7 Å². The molecule has 0 aromatic heterocycles. The Balaban J connectivity index is 3.10. The quantitative estimate of drug-likeness (QED) is 0.270. The number of hydrogen-bond donors (Lipinski definition) is 0. The van der Waals surface area contributed by atoms with Crippen molar-refractivity contribution in [3.05, 3.63) is 58.2 Å². The van der Waals surface area contributed by atoms with Crippen molar-refractivity contribution in [1.29, 1.82) is 0 Å². The molecule has 0 bridgehead atoms. The van der Waals surface area contributed by atoms with Gasteiger partial charge in [-0.3, -0.25) is 10.1 Å². The number of ether oxygens (including phenoxy) is 2. The Kier molecular flexibility index (Phi) is 5.81. The van der Waals surface area contributed by atoms with E-state index >= 15 is 0 Å². The highest BCUT2D eigenvalue weighted by Crippen LogP contribution is 2.20. The van der Waals surface area contributed by atoms with E-state index in [1.807, 2.05) is 0 Å². The Morgan fingerprint density at radius 1 is 1.14 bits per heavy atom. The molecule has 0 saturated carbocycles. The zero-order valence-corrected chi connectivity index (χ0v) is 11.4. The van der Waals surface area contributed by atoms with Crippen LogP contribution in [-0.2, 0) is 19.1 Å². The molecular formula is C14H13NO6. The van der Waals surface area contributed by atoms with E-state index < -0.39 is 16.9 Å². The maximum absolute atomic E-state index is 11.7. The SMILES string of the molecule is COC(=O)/C=C\C=C(\C(=O)OC)c1ccc([N+](=O)[O-])cc1. The molecule has 0 atom stereocenters. The first-order valence-corrected chi connectivity index (χ1v) is 5.79. The van der Waals surface area contributed by atoms with Crippen LogP contribution in [0.3, 0.4) is 0 Å². The first-order valence-electron chi connectivity index (χ1n) is 5.79. The monoisotopic (exact) mass is 291 g/mol. The summed E-state index contributed by atoms with van der Waals surface area (Å²) < 4.78 is 9.06. The molecule has 0 aliphatic rings. The van der Waals surface area contributed by atoms with Crippen LogP contribution in [0, 0.1) is 10.1 Å². The summed E-state index contributed by atoms with van der Waals surface area (Å²) in [7, 11) is 2.44. The summed E-state index contributed by atoms with van der Waals surface area (Å²) in [6.07, 6.45) is 3.83. The highest BCUT2D eigenvalue weighted by Gasteiger charge is 2.13. The molecule has 0 aliphatic carbocycles. The van der Waals surface area contributed by atoms with E-state index in [0.29, 0.717) is 5.56 Å². The number of rotatable bonds is 5. The zero-order valence-electron chi connectivity index (χ0n) is 11.4. The Hall–Kier alpha value is -2.96. The molecule has 0 aliphatic heterocycles. The lowest BCUT2D eigenvalue weighted by molar-refractivity contribution is -0.384. The van der Waals surface area contributed by atoms with Crippen LogP contribution in [-0.4, -0.2) is 31.1 Å². The second-order valence-electron chi connectivity index (χ2n) is 3.76. The predicted molar refractivity (Wildman–Crippen MR) is 74.2 cm³/mol. The number of nitrogens with zero attached hydrogens (tertiary/aromatic N) is 1. The maximum Gasteiger partial charge on any atom is 0.338 e. The van der Waals surface area contributed by atoms with Gasteiger partial charge in [0.25, 0.3) is 5.69 Å². The number of non-ortho nitro benzene ring substituents is 1. The Bertz CT molecular complexity index is 600. The van der Waals surface area contributed by atoms with Gasteiger partial charge in [-0.15, -0.1) is 0 Å². The summed E-state index contributed by atoms with van der Waals surface area (Å²) in [4.78, 5) is 32.7. The summed E-state index contributed by atoms with van der Waals surface area (Å²) in [5.41, 5.74) is 0.502. The Labute approximate surface area is 120 Å². The van der Waals surface area contributed by atoms with E-state index in [2.05, 4.69) is 9.47 Å². The van der Waals surface area contributed by atoms with Crippen molar-refractivity contribution in [3.63, 3.8) is 0 Å². The summed E-state index contributed by atoms with van der Waals surface area (Å²) in [5, 5.41) is 10.6. The highest BCUT2D eigenvalue weighted by atomic mass is 16.6. The van der Waals surface area contributed by atoms with Crippen LogP contribution in [0.25, 0.3) is 5.57 Å². The number of allylic oxidation sites excluding steroid dienone is 2. The minimum Gasteiger partial charge on any atom is -0.466 e. The average Bonchev–Trinajstić information content (AvgIpc) is 2.50. The van der Waals surface area contributed by atoms with Crippen molar-refractivity contribution in [2.24, 2.45) is 0 Å². The second-order valence-corrected chi connectivity index (χ2v) is 3.76. The number of carbonyl (C=O) groups excluding carboxylic acids is 2. The summed E-state index contributed by atoms with van der Waals surface area (Å²) in [6.45, 7) is 0. The minimum atomic E-state index is -0.627. The van der Waals surface area contributed by atoms with E-state index in [0.717, 1.165) is 6.08 Å². The van der Waals surface area contributed by atoms with Gasteiger partial charge < -0.3 is 9.47 Å². The van der Waals surface area contributed by atoms with Gasteiger partial charge in [-0.1, -0.05) is 6.08 Å². The lowest BCUT2D eigenvalue weighted by Crippen LogP contribution is -2.04. The van der Waals surface area contributed by atoms with Gasteiger partial charge in [0, 0.05) is 18.2 Å². The van der Waals surface area contributed by atoms with Crippen LogP contribution in [0.15, 0.2) is 42.5 Å². The molecule has 1 aromatic carbocycles. The maximum atomic E-state index is 11.7. The highest BCUT2D eigenvalue weighted by molar-refractivity contribution is 6.16. The molecule has 0 radical (unpaired) electrons. The van der Waals surface area contributed by atoms with Gasteiger partial charge in [0.15, 0.2) is 0 Å². The minimum absolute atomic E-state index is 0.0898. The summed E-state index contributed by atoms with van der Waals surface area (Å²) >= 11 is 0. The molecule has 7 nitrogen and oxygen atoms in total. The molecule has 0 saturated heterocycles. The third kappa shape index (κ3) is 4.57. The number of hydrogen-bond acceptors (Lipinski definition) is 6. The van der Waals surface area contributed by atoms with Gasteiger partial charge in [-0.2, -0.15) is 0 Å². The van der Waals surface area contributed by atoms with E-state index in [4.69, 9.17) is 0 Å². The summed E-state index contributed by atoms with van der Waals surface area (Å²) in [5.74, 6) is -1.20. The van der Waals surface area contributed by atoms with Gasteiger partial charge in [-0.25, -0.2) is 9.59 Å². The van der Waals surface area contributed by atoms with E-state index in [1.54, 1.807) is 0 Å². The first kappa shape index (κ1) is 16.1. The van der Waals surface area contributed by atoms with Gasteiger partial charge in [0.05, 0.1) is 24.7 Å². The fourth-order valence-electron chi connectivity index (χ4n) is 1.45. The molecule has 0 spiro atoms. The van der Waals surface area contributed by atoms with Crippen molar-refractivity contribution in [2.75, 3.05) is 14.2 Å². The third-order valence-corrected chi connectivity index (χ3v) is 2.49. The van der Waals surface area contributed by atoms with Crippen molar-refractivity contribution >= 4 is 23.2 Å². The number of carbonyl (C=O) groups is 2. The standard InChI is InChI=1S/C14H13NO6/c1-20-13(16)5-3-4-12(14(17)21-2)10-6-8-11(9-7-10)15(18)19/h3-9H,1-2H3/b5-3-,12-4+. The molecule has 110 valence electrons. The zero-order chi connectivity index (χ0) is 15.8. The molecule has 0 amide bonds. The second kappa shape index (κ2) is 7.59. The van der Waals surface area contributed by atoms with Crippen molar-refractivity contribution < 1.29 is 24.0 Å². The van der Waals surface area contributed by atoms with E-state index in [1.165, 1.54) is 50.6 Å². The van der Waals surface area contributed by atoms with Crippen LogP contribution in [0.2, 0.25) is 0 Å². The molecule has 1 rings (SSSR count). The van der Waals surface area contributed by atoms with Crippen LogP contribution in [0.5, 0.6) is 0 Å². The fraction of sp³-hybridized carbons (Fsp3) is 0.143. The number of nitro benzene ring substituents is 1. The fourth-order valence-corrected chi connectivity index (χ4v) is 1.45. The average molecular weight is 291 g/mol. The van der Waals surface area contributed by atoms with Crippen LogP contribution < -0.4 is 0 Å². The number of methoxy groups -OCH3 is 2. The van der Waals surface area contributed by atoms with E-state index in [9.17, 15) is 19.7 Å². The lowest BCUT2D eigenvalue weighted by atomic mass is 10.1. The molecule has 0 unspecified atom stereocenters. The number of nitro groups is 1. The smallest absolute Gasteiger partial charge is 0.338 e. The van der Waals surface area contributed by atoms with Gasteiger partial charge in [0.2, 0.25) is 0 Å². The van der Waals surface area contributed by atoms with E-state index in [-0.39, 0.29) is 11.3 Å². The molecule has 0 fully saturated rings. The molecule has 1 aromatic rings. The number of benzene rings is 1. The van der Waals surface area contributed by atoms with Crippen LogP contribution in [0.1, 0.15) is 5.56 Å². The van der Waals surface area contributed by atoms with Crippen LogP contribution in [0.4, 0.5) is 5.69 Å². The molecule has 0 heterocycles. The Morgan fingerprint density at radius 3 is 2.24 bits per heavy atom. The number of esters is 2. The molecule has 21 heavy (non-hydrogen) atoms. The van der Waals surface area contributed by atoms with Gasteiger partial charge in [-0.05, 0) is 23.8 Å². The molecule has 0 N–H and O–H groups in total. The molecular weight excluding hydrogens is 278 g/mol. The third-order valence-electron chi connectivity index (χ3n) is 2.49. The van der Waals surface area contributed by atoms with Crippen molar-refractivity contribution in [1.82, 2.24) is 0 Å². The van der Waals surface area contributed by atoms with Crippen molar-refractivity contribution in [2.45, 2.75) is 0 Å². The lowest BCUT2D eigenvalue weighted by Gasteiger charge is -2.04. The molecule has 7 heteroatoms. The first-order chi connectivity index (χ1) is 9.99. The normalized spacial score (nSPS) is 11.2. The predicted octanol–water partition coefficient (Wildman–Crippen LogP) is 1.88. The largest absolute Gasteiger partial charge is 0.466 e. The van der Waals surface area contributed by atoms with Gasteiger partial charge in [0.1, 0.15) is 0 Å². The Morgan fingerprint density at radius 2 is 1.76 bits per heavy atom. The van der Waals surface area contributed by atoms with Crippen LogP contribution >= 0.6 is 0 Å². The van der Waals surface area contributed by atoms with Crippen molar-refractivity contribution in [3.8, 4) is 0 Å².